The predicted molar refractivity (Wildman–Crippen MR) is 87.9 cm³/mol. The highest BCUT2D eigenvalue weighted by Crippen LogP contribution is 2.46. The van der Waals surface area contributed by atoms with Gasteiger partial charge in [-0.15, -0.1) is 0 Å². The smallest absolute Gasteiger partial charge is 0.0658 e. The van der Waals surface area contributed by atoms with Gasteiger partial charge in [-0.25, -0.2) is 0 Å². The molecule has 1 aromatic rings. The SMILES string of the molecule is CCOC1CC(NC(C)c2ccccc2Br)C1(C)CC. The van der Waals surface area contributed by atoms with Crippen LogP contribution >= 0.6 is 15.9 Å². The Kier molecular flexibility index (Phi) is 5.27. The molecule has 0 saturated heterocycles. The Balaban J connectivity index is 2.02. The standard InChI is InChI=1S/C17H26BrNO/c1-5-17(4)15(11-16(17)20-6-2)19-12(3)13-9-7-8-10-14(13)18/h7-10,12,15-16,19H,5-6,11H2,1-4H3. The van der Waals surface area contributed by atoms with E-state index >= 15 is 0 Å². The summed E-state index contributed by atoms with van der Waals surface area (Å²) in [6, 6.07) is 9.33. The van der Waals surface area contributed by atoms with Gasteiger partial charge >= 0.3 is 0 Å². The van der Waals surface area contributed by atoms with Crippen LogP contribution in [-0.2, 0) is 4.74 Å². The number of rotatable bonds is 6. The lowest BCUT2D eigenvalue weighted by Gasteiger charge is -2.54. The van der Waals surface area contributed by atoms with E-state index in [1.165, 1.54) is 10.0 Å². The average molecular weight is 340 g/mol. The Hall–Kier alpha value is -0.380. The van der Waals surface area contributed by atoms with Crippen LogP contribution in [0.15, 0.2) is 28.7 Å². The van der Waals surface area contributed by atoms with Crippen molar-refractivity contribution >= 4 is 15.9 Å². The van der Waals surface area contributed by atoms with Gasteiger partial charge in [-0.3, -0.25) is 0 Å². The molecule has 1 aliphatic carbocycles. The maximum Gasteiger partial charge on any atom is 0.0658 e. The molecule has 2 nitrogen and oxygen atoms in total. The molecule has 2 rings (SSSR count). The summed E-state index contributed by atoms with van der Waals surface area (Å²) >= 11 is 3.64. The fraction of sp³-hybridized carbons (Fsp3) is 0.647. The van der Waals surface area contributed by atoms with Crippen molar-refractivity contribution in [3.8, 4) is 0 Å². The largest absolute Gasteiger partial charge is 0.378 e. The summed E-state index contributed by atoms with van der Waals surface area (Å²) in [4.78, 5) is 0. The van der Waals surface area contributed by atoms with E-state index in [1.807, 2.05) is 0 Å². The zero-order valence-corrected chi connectivity index (χ0v) is 14.5. The Morgan fingerprint density at radius 1 is 1.40 bits per heavy atom. The second-order valence-electron chi connectivity index (χ2n) is 6.00. The van der Waals surface area contributed by atoms with Crippen LogP contribution in [0.2, 0.25) is 0 Å². The molecule has 0 spiro atoms. The molecular formula is C17H26BrNO. The third-order valence-electron chi connectivity index (χ3n) is 4.93. The number of nitrogens with one attached hydrogen (secondary N) is 1. The maximum absolute atomic E-state index is 5.88. The molecule has 3 heteroatoms. The first-order valence-electron chi connectivity index (χ1n) is 7.65. The van der Waals surface area contributed by atoms with Crippen LogP contribution in [-0.4, -0.2) is 18.8 Å². The van der Waals surface area contributed by atoms with Gasteiger partial charge in [0.15, 0.2) is 0 Å². The van der Waals surface area contributed by atoms with E-state index in [-0.39, 0.29) is 5.41 Å². The first-order chi connectivity index (χ1) is 9.52. The first kappa shape index (κ1) is 16.0. The van der Waals surface area contributed by atoms with E-state index in [0.717, 1.165) is 19.4 Å². The summed E-state index contributed by atoms with van der Waals surface area (Å²) in [6.07, 6.45) is 2.67. The molecule has 0 aliphatic heterocycles. The van der Waals surface area contributed by atoms with Gasteiger partial charge < -0.3 is 10.1 Å². The first-order valence-corrected chi connectivity index (χ1v) is 8.44. The maximum atomic E-state index is 5.88. The zero-order valence-electron chi connectivity index (χ0n) is 12.9. The van der Waals surface area contributed by atoms with Gasteiger partial charge in [-0.05, 0) is 38.3 Å². The molecule has 1 N–H and O–H groups in total. The van der Waals surface area contributed by atoms with Crippen molar-refractivity contribution in [1.29, 1.82) is 0 Å². The predicted octanol–water partition coefficient (Wildman–Crippen LogP) is 4.69. The van der Waals surface area contributed by atoms with E-state index < -0.39 is 0 Å². The highest BCUT2D eigenvalue weighted by atomic mass is 79.9. The lowest BCUT2D eigenvalue weighted by Crippen LogP contribution is -2.62. The third-order valence-corrected chi connectivity index (χ3v) is 5.66. The molecule has 0 aromatic heterocycles. The molecule has 4 atom stereocenters. The van der Waals surface area contributed by atoms with Crippen LogP contribution in [0, 0.1) is 5.41 Å². The lowest BCUT2D eigenvalue weighted by atomic mass is 9.61. The molecule has 0 bridgehead atoms. The van der Waals surface area contributed by atoms with Gasteiger partial charge in [0.1, 0.15) is 0 Å². The van der Waals surface area contributed by atoms with Crippen molar-refractivity contribution in [1.82, 2.24) is 5.32 Å². The Bertz CT molecular complexity index is 450. The van der Waals surface area contributed by atoms with Crippen LogP contribution < -0.4 is 5.32 Å². The summed E-state index contributed by atoms with van der Waals surface area (Å²) in [5.41, 5.74) is 1.58. The van der Waals surface area contributed by atoms with E-state index in [4.69, 9.17) is 4.74 Å². The minimum atomic E-state index is 0.255. The summed E-state index contributed by atoms with van der Waals surface area (Å²) in [7, 11) is 0. The molecule has 0 amide bonds. The van der Waals surface area contributed by atoms with Crippen molar-refractivity contribution < 1.29 is 4.74 Å². The van der Waals surface area contributed by atoms with Crippen LogP contribution in [0.5, 0.6) is 0 Å². The zero-order chi connectivity index (χ0) is 14.8. The van der Waals surface area contributed by atoms with Crippen molar-refractivity contribution in [2.75, 3.05) is 6.61 Å². The number of hydrogen-bond donors (Lipinski definition) is 1. The van der Waals surface area contributed by atoms with Gasteiger partial charge in [0, 0.05) is 28.6 Å². The van der Waals surface area contributed by atoms with Crippen LogP contribution in [0.25, 0.3) is 0 Å². The fourth-order valence-corrected chi connectivity index (χ4v) is 3.85. The number of hydrogen-bond acceptors (Lipinski definition) is 2. The van der Waals surface area contributed by atoms with E-state index in [1.54, 1.807) is 0 Å². The monoisotopic (exact) mass is 339 g/mol. The van der Waals surface area contributed by atoms with Crippen molar-refractivity contribution in [3.63, 3.8) is 0 Å². The van der Waals surface area contributed by atoms with Gasteiger partial charge in [-0.2, -0.15) is 0 Å². The van der Waals surface area contributed by atoms with E-state index in [2.05, 4.69) is 73.2 Å². The highest BCUT2D eigenvalue weighted by molar-refractivity contribution is 9.10. The van der Waals surface area contributed by atoms with Crippen LogP contribution in [0.3, 0.4) is 0 Å². The third kappa shape index (κ3) is 2.95. The molecule has 20 heavy (non-hydrogen) atoms. The Labute approximate surface area is 131 Å². The van der Waals surface area contributed by atoms with E-state index in [0.29, 0.717) is 18.2 Å². The quantitative estimate of drug-likeness (QED) is 0.811. The molecule has 4 unspecified atom stereocenters. The number of halogens is 1. The Morgan fingerprint density at radius 2 is 2.10 bits per heavy atom. The van der Waals surface area contributed by atoms with Crippen LogP contribution in [0.4, 0.5) is 0 Å². The summed E-state index contributed by atoms with van der Waals surface area (Å²) in [5.74, 6) is 0. The van der Waals surface area contributed by atoms with Gasteiger partial charge in [0.2, 0.25) is 0 Å². The molecule has 1 aromatic carbocycles. The Morgan fingerprint density at radius 3 is 2.70 bits per heavy atom. The minimum Gasteiger partial charge on any atom is -0.378 e. The fourth-order valence-electron chi connectivity index (χ4n) is 3.23. The minimum absolute atomic E-state index is 0.255. The van der Waals surface area contributed by atoms with Crippen molar-refractivity contribution in [3.05, 3.63) is 34.3 Å². The summed E-state index contributed by atoms with van der Waals surface area (Å²) in [6.45, 7) is 9.75. The molecule has 0 radical (unpaired) electrons. The van der Waals surface area contributed by atoms with Crippen molar-refractivity contribution in [2.45, 2.75) is 58.7 Å². The van der Waals surface area contributed by atoms with E-state index in [9.17, 15) is 0 Å². The van der Waals surface area contributed by atoms with Gasteiger partial charge in [0.25, 0.3) is 0 Å². The molecule has 1 fully saturated rings. The second-order valence-corrected chi connectivity index (χ2v) is 6.86. The highest BCUT2D eigenvalue weighted by Gasteiger charge is 2.51. The van der Waals surface area contributed by atoms with Gasteiger partial charge in [0.05, 0.1) is 6.10 Å². The molecule has 112 valence electrons. The summed E-state index contributed by atoms with van der Waals surface area (Å²) < 4.78 is 7.06. The second kappa shape index (κ2) is 6.59. The van der Waals surface area contributed by atoms with Crippen molar-refractivity contribution in [2.24, 2.45) is 5.41 Å². The molecule has 1 aliphatic rings. The topological polar surface area (TPSA) is 21.3 Å². The molecule has 1 saturated carbocycles. The molecular weight excluding hydrogens is 314 g/mol. The van der Waals surface area contributed by atoms with Crippen LogP contribution in [0.1, 0.15) is 52.1 Å². The number of benzene rings is 1. The normalized spacial score (nSPS) is 30.9. The van der Waals surface area contributed by atoms with Gasteiger partial charge in [-0.1, -0.05) is 48.0 Å². The average Bonchev–Trinajstić information content (AvgIpc) is 2.45. The lowest BCUT2D eigenvalue weighted by molar-refractivity contribution is -0.127. The molecule has 0 heterocycles. The number of ether oxygens (including phenoxy) is 1. The summed E-state index contributed by atoms with van der Waals surface area (Å²) in [5, 5.41) is 3.79.